The van der Waals surface area contributed by atoms with Crippen molar-refractivity contribution in [3.05, 3.63) is 35.4 Å². The van der Waals surface area contributed by atoms with Gasteiger partial charge in [-0.15, -0.1) is 0 Å². The molecule has 0 unspecified atom stereocenters. The van der Waals surface area contributed by atoms with Crippen LogP contribution in [0, 0.1) is 12.8 Å². The number of hydrogen-bond donors (Lipinski definition) is 0. The Morgan fingerprint density at radius 2 is 1.75 bits per heavy atom. The Bertz CT molecular complexity index is 797. The number of aryl methyl sites for hydroxylation is 1. The number of fused-ring (bicyclic) bond motifs is 1. The van der Waals surface area contributed by atoms with Crippen LogP contribution in [0.1, 0.15) is 37.8 Å². The van der Waals surface area contributed by atoms with Crippen LogP contribution in [-0.2, 0) is 11.3 Å². The molecule has 0 aliphatic carbocycles. The van der Waals surface area contributed by atoms with E-state index in [1.165, 1.54) is 5.56 Å². The molecule has 0 N–H and O–H groups in total. The van der Waals surface area contributed by atoms with Crippen LogP contribution in [0.4, 0.5) is 5.82 Å². The summed E-state index contributed by atoms with van der Waals surface area (Å²) in [6.45, 7) is 8.45. The van der Waals surface area contributed by atoms with Gasteiger partial charge in [0.2, 0.25) is 5.91 Å². The van der Waals surface area contributed by atoms with E-state index in [1.54, 1.807) is 0 Å². The summed E-state index contributed by atoms with van der Waals surface area (Å²) in [5.74, 6) is 1.27. The molecule has 0 fully saturated rings. The second kappa shape index (κ2) is 9.87. The minimum atomic E-state index is 0.0839. The number of carbonyl (C=O) groups is 1. The van der Waals surface area contributed by atoms with E-state index < -0.39 is 0 Å². The van der Waals surface area contributed by atoms with Gasteiger partial charge in [0.05, 0.1) is 5.52 Å². The topological polar surface area (TPSA) is 39.7 Å². The maximum absolute atomic E-state index is 13.2. The zero-order valence-electron chi connectivity index (χ0n) is 18.6. The van der Waals surface area contributed by atoms with Gasteiger partial charge in [-0.3, -0.25) is 4.79 Å². The first-order valence-electron chi connectivity index (χ1n) is 10.3. The Kier molecular flexibility index (Phi) is 7.81. The highest BCUT2D eigenvalue weighted by molar-refractivity contribution is 5.85. The molecule has 154 valence electrons. The number of carbonyl (C=O) groups excluding carboxylic acids is 1. The van der Waals surface area contributed by atoms with Crippen molar-refractivity contribution in [3.8, 4) is 0 Å². The molecule has 2 aromatic rings. The van der Waals surface area contributed by atoms with Crippen molar-refractivity contribution in [1.29, 1.82) is 0 Å². The zero-order valence-corrected chi connectivity index (χ0v) is 18.6. The van der Waals surface area contributed by atoms with Gasteiger partial charge in [-0.25, -0.2) is 4.98 Å². The lowest BCUT2D eigenvalue weighted by Gasteiger charge is -2.29. The van der Waals surface area contributed by atoms with Gasteiger partial charge in [0, 0.05) is 50.6 Å². The Morgan fingerprint density at radius 1 is 1.07 bits per heavy atom. The van der Waals surface area contributed by atoms with E-state index in [0.717, 1.165) is 48.2 Å². The molecule has 0 radical (unpaired) electrons. The van der Waals surface area contributed by atoms with Gasteiger partial charge in [-0.1, -0.05) is 32.0 Å². The van der Waals surface area contributed by atoms with E-state index in [9.17, 15) is 4.79 Å². The van der Waals surface area contributed by atoms with Gasteiger partial charge in [-0.2, -0.15) is 0 Å². The highest BCUT2D eigenvalue weighted by Gasteiger charge is 2.23. The summed E-state index contributed by atoms with van der Waals surface area (Å²) in [6.07, 6.45) is 1.76. The molecule has 0 atom stereocenters. The van der Waals surface area contributed by atoms with Gasteiger partial charge in [0.15, 0.2) is 0 Å². The molecule has 0 aliphatic heterocycles. The first-order valence-corrected chi connectivity index (χ1v) is 10.3. The number of para-hydroxylation sites is 1. The summed E-state index contributed by atoms with van der Waals surface area (Å²) in [7, 11) is 8.13. The average Bonchev–Trinajstić information content (AvgIpc) is 2.65. The Labute approximate surface area is 170 Å². The molecule has 0 spiro atoms. The van der Waals surface area contributed by atoms with Crippen molar-refractivity contribution in [3.63, 3.8) is 0 Å². The lowest BCUT2D eigenvalue weighted by atomic mass is 10.0. The normalized spacial score (nSPS) is 11.5. The van der Waals surface area contributed by atoms with E-state index in [0.29, 0.717) is 6.54 Å². The van der Waals surface area contributed by atoms with Crippen LogP contribution < -0.4 is 4.90 Å². The van der Waals surface area contributed by atoms with Crippen LogP contribution in [0.15, 0.2) is 24.3 Å². The largest absolute Gasteiger partial charge is 0.362 e. The van der Waals surface area contributed by atoms with E-state index in [2.05, 4.69) is 49.9 Å². The predicted molar refractivity (Wildman–Crippen MR) is 119 cm³/mol. The minimum absolute atomic E-state index is 0.0839. The summed E-state index contributed by atoms with van der Waals surface area (Å²) in [4.78, 5) is 24.3. The summed E-state index contributed by atoms with van der Waals surface area (Å²) < 4.78 is 0. The molecule has 5 heteroatoms. The maximum atomic E-state index is 13.2. The Hall–Kier alpha value is -2.14. The maximum Gasteiger partial charge on any atom is 0.226 e. The fourth-order valence-electron chi connectivity index (χ4n) is 3.57. The number of aromatic nitrogens is 1. The lowest BCUT2D eigenvalue weighted by Crippen LogP contribution is -2.40. The van der Waals surface area contributed by atoms with Crippen molar-refractivity contribution >= 4 is 22.6 Å². The smallest absolute Gasteiger partial charge is 0.226 e. The second-order valence-corrected chi connectivity index (χ2v) is 8.09. The molecule has 0 saturated heterocycles. The fourth-order valence-corrected chi connectivity index (χ4v) is 3.57. The third kappa shape index (κ3) is 5.22. The van der Waals surface area contributed by atoms with Crippen LogP contribution in [0.2, 0.25) is 0 Å². The number of likely N-dealkylation sites (N-methyl/N-ethyl adjacent to an activating group) is 1. The highest BCUT2D eigenvalue weighted by Crippen LogP contribution is 2.26. The van der Waals surface area contributed by atoms with Gasteiger partial charge >= 0.3 is 0 Å². The molecule has 5 nitrogen and oxygen atoms in total. The van der Waals surface area contributed by atoms with E-state index >= 15 is 0 Å². The summed E-state index contributed by atoms with van der Waals surface area (Å²) in [5.41, 5.74) is 3.30. The van der Waals surface area contributed by atoms with Crippen LogP contribution in [-0.4, -0.2) is 62.0 Å². The highest BCUT2D eigenvalue weighted by atomic mass is 16.2. The number of hydrogen-bond acceptors (Lipinski definition) is 4. The van der Waals surface area contributed by atoms with E-state index in [1.807, 2.05) is 38.0 Å². The number of benzene rings is 1. The molecule has 1 amide bonds. The van der Waals surface area contributed by atoms with Crippen molar-refractivity contribution < 1.29 is 4.79 Å². The van der Waals surface area contributed by atoms with Gasteiger partial charge < -0.3 is 14.7 Å². The molecule has 1 aromatic carbocycles. The monoisotopic (exact) mass is 384 g/mol. The summed E-state index contributed by atoms with van der Waals surface area (Å²) in [6, 6.07) is 8.46. The average molecular weight is 385 g/mol. The molecule has 1 heterocycles. The first kappa shape index (κ1) is 22.2. The molecular formula is C23H36N4O. The standard InChI is InChI=1S/C23H36N4O/c1-8-18(9-2)23(28)27(14-13-25(4)5)16-20-15-19-12-10-11-17(3)21(19)24-22(20)26(6)7/h10-12,15,18H,8-9,13-14,16H2,1-7H3. The summed E-state index contributed by atoms with van der Waals surface area (Å²) >= 11 is 0. The second-order valence-electron chi connectivity index (χ2n) is 8.09. The SMILES string of the molecule is CCC(CC)C(=O)N(CCN(C)C)Cc1cc2cccc(C)c2nc1N(C)C. The lowest BCUT2D eigenvalue weighted by molar-refractivity contribution is -0.136. The van der Waals surface area contributed by atoms with Crippen LogP contribution >= 0.6 is 0 Å². The molecule has 2 rings (SSSR count). The molecule has 0 aliphatic rings. The van der Waals surface area contributed by atoms with Crippen molar-refractivity contribution in [2.45, 2.75) is 40.2 Å². The van der Waals surface area contributed by atoms with Gasteiger partial charge in [-0.05, 0) is 45.5 Å². The Morgan fingerprint density at radius 3 is 2.32 bits per heavy atom. The third-order valence-corrected chi connectivity index (χ3v) is 5.35. The Balaban J connectivity index is 2.44. The van der Waals surface area contributed by atoms with Crippen LogP contribution in [0.3, 0.4) is 0 Å². The molecule has 0 saturated carbocycles. The third-order valence-electron chi connectivity index (χ3n) is 5.35. The van der Waals surface area contributed by atoms with Crippen molar-refractivity contribution in [2.24, 2.45) is 5.92 Å². The zero-order chi connectivity index (χ0) is 20.8. The van der Waals surface area contributed by atoms with E-state index in [-0.39, 0.29) is 11.8 Å². The molecule has 28 heavy (non-hydrogen) atoms. The number of rotatable bonds is 9. The van der Waals surface area contributed by atoms with E-state index in [4.69, 9.17) is 4.98 Å². The summed E-state index contributed by atoms with van der Waals surface area (Å²) in [5, 5.41) is 1.13. The minimum Gasteiger partial charge on any atom is -0.362 e. The number of amides is 1. The molecule has 0 bridgehead atoms. The van der Waals surface area contributed by atoms with Gasteiger partial charge in [0.25, 0.3) is 0 Å². The van der Waals surface area contributed by atoms with Crippen molar-refractivity contribution in [2.75, 3.05) is 46.2 Å². The fraction of sp³-hybridized carbons (Fsp3) is 0.565. The predicted octanol–water partition coefficient (Wildman–Crippen LogP) is 3.94. The van der Waals surface area contributed by atoms with Crippen molar-refractivity contribution in [1.82, 2.24) is 14.8 Å². The first-order chi connectivity index (χ1) is 13.3. The van der Waals surface area contributed by atoms with Crippen LogP contribution in [0.25, 0.3) is 10.9 Å². The quantitative estimate of drug-likeness (QED) is 0.657. The molecular weight excluding hydrogens is 348 g/mol. The number of anilines is 1. The van der Waals surface area contributed by atoms with Gasteiger partial charge in [0.1, 0.15) is 5.82 Å². The number of nitrogens with zero attached hydrogens (tertiary/aromatic N) is 4. The molecule has 1 aromatic heterocycles. The van der Waals surface area contributed by atoms with Crippen LogP contribution in [0.5, 0.6) is 0 Å². The number of pyridine rings is 1.